The SMILES string of the molecule is Cc1cc(C)c(NC(=O)CN(C)CC(=O)Nc2cc(Cl)ccc2F)c(C)c1. The summed E-state index contributed by atoms with van der Waals surface area (Å²) in [6.45, 7) is 5.84. The molecule has 144 valence electrons. The molecule has 0 unspecified atom stereocenters. The highest BCUT2D eigenvalue weighted by atomic mass is 35.5. The first-order valence-electron chi connectivity index (χ1n) is 8.47. The van der Waals surface area contributed by atoms with Crippen LogP contribution in [0.3, 0.4) is 0 Å². The van der Waals surface area contributed by atoms with Gasteiger partial charge in [-0.15, -0.1) is 0 Å². The van der Waals surface area contributed by atoms with Gasteiger partial charge in [-0.2, -0.15) is 0 Å². The number of amides is 2. The largest absolute Gasteiger partial charge is 0.324 e. The van der Waals surface area contributed by atoms with Gasteiger partial charge in [0.25, 0.3) is 0 Å². The van der Waals surface area contributed by atoms with Gasteiger partial charge in [-0.3, -0.25) is 14.5 Å². The Morgan fingerprint density at radius 2 is 1.56 bits per heavy atom. The molecule has 5 nitrogen and oxygen atoms in total. The minimum absolute atomic E-state index is 0.0104. The van der Waals surface area contributed by atoms with E-state index < -0.39 is 11.7 Å². The van der Waals surface area contributed by atoms with E-state index in [1.54, 1.807) is 11.9 Å². The number of anilines is 2. The lowest BCUT2D eigenvalue weighted by molar-refractivity contribution is -0.119. The van der Waals surface area contributed by atoms with Crippen LogP contribution in [-0.2, 0) is 9.59 Å². The van der Waals surface area contributed by atoms with Gasteiger partial charge in [0.15, 0.2) is 0 Å². The number of likely N-dealkylation sites (N-methyl/N-ethyl adjacent to an activating group) is 1. The highest BCUT2D eigenvalue weighted by Crippen LogP contribution is 2.22. The molecule has 0 saturated heterocycles. The molecule has 2 aromatic carbocycles. The Bertz CT molecular complexity index is 847. The van der Waals surface area contributed by atoms with Crippen molar-refractivity contribution in [2.24, 2.45) is 0 Å². The Hall–Kier alpha value is -2.44. The van der Waals surface area contributed by atoms with Crippen LogP contribution in [0.15, 0.2) is 30.3 Å². The molecule has 0 radical (unpaired) electrons. The third-order valence-corrected chi connectivity index (χ3v) is 4.21. The first kappa shape index (κ1) is 20.9. The number of benzene rings is 2. The summed E-state index contributed by atoms with van der Waals surface area (Å²) in [6, 6.07) is 7.92. The standard InChI is InChI=1S/C20H23ClFN3O2/c1-12-7-13(2)20(14(3)8-12)24-19(27)11-25(4)10-18(26)23-17-9-15(21)5-6-16(17)22/h5-9H,10-11H2,1-4H3,(H,23,26)(H,24,27). The van der Waals surface area contributed by atoms with Crippen LogP contribution in [0, 0.1) is 26.6 Å². The van der Waals surface area contributed by atoms with Crippen molar-refractivity contribution < 1.29 is 14.0 Å². The Morgan fingerprint density at radius 1 is 1.00 bits per heavy atom. The number of carbonyl (C=O) groups is 2. The monoisotopic (exact) mass is 391 g/mol. The van der Waals surface area contributed by atoms with Crippen LogP contribution >= 0.6 is 11.6 Å². The maximum atomic E-state index is 13.7. The summed E-state index contributed by atoms with van der Waals surface area (Å²) in [4.78, 5) is 25.9. The summed E-state index contributed by atoms with van der Waals surface area (Å²) in [5.41, 5.74) is 3.89. The molecule has 0 spiro atoms. The molecule has 0 aromatic heterocycles. The van der Waals surface area contributed by atoms with E-state index in [9.17, 15) is 14.0 Å². The molecule has 0 atom stereocenters. The average Bonchev–Trinajstić information content (AvgIpc) is 2.54. The Kier molecular flexibility index (Phi) is 6.93. The van der Waals surface area contributed by atoms with Crippen molar-refractivity contribution in [3.05, 3.63) is 57.9 Å². The molecule has 0 heterocycles. The first-order valence-corrected chi connectivity index (χ1v) is 8.84. The van der Waals surface area contributed by atoms with Crippen molar-refractivity contribution in [2.75, 3.05) is 30.8 Å². The van der Waals surface area contributed by atoms with E-state index in [0.717, 1.165) is 22.4 Å². The van der Waals surface area contributed by atoms with Gasteiger partial charge in [-0.1, -0.05) is 29.3 Å². The maximum Gasteiger partial charge on any atom is 0.238 e. The zero-order valence-corrected chi connectivity index (χ0v) is 16.6. The van der Waals surface area contributed by atoms with Crippen LogP contribution in [0.1, 0.15) is 16.7 Å². The summed E-state index contributed by atoms with van der Waals surface area (Å²) in [5.74, 6) is -1.23. The molecule has 0 saturated carbocycles. The number of nitrogens with zero attached hydrogens (tertiary/aromatic N) is 1. The predicted molar refractivity (Wildman–Crippen MR) is 107 cm³/mol. The van der Waals surface area contributed by atoms with E-state index in [2.05, 4.69) is 10.6 Å². The fourth-order valence-electron chi connectivity index (χ4n) is 2.89. The summed E-state index contributed by atoms with van der Waals surface area (Å²) >= 11 is 5.81. The molecule has 2 aromatic rings. The van der Waals surface area contributed by atoms with E-state index in [-0.39, 0.29) is 24.7 Å². The van der Waals surface area contributed by atoms with Crippen molar-refractivity contribution in [3.8, 4) is 0 Å². The van der Waals surface area contributed by atoms with Crippen molar-refractivity contribution in [1.29, 1.82) is 0 Å². The summed E-state index contributed by atoms with van der Waals surface area (Å²) < 4.78 is 13.7. The van der Waals surface area contributed by atoms with Crippen LogP contribution in [0.2, 0.25) is 5.02 Å². The fourth-order valence-corrected chi connectivity index (χ4v) is 3.06. The average molecular weight is 392 g/mol. The molecular formula is C20H23ClFN3O2. The predicted octanol–water partition coefficient (Wildman–Crippen LogP) is 3.91. The van der Waals surface area contributed by atoms with Gasteiger partial charge >= 0.3 is 0 Å². The second-order valence-corrected chi connectivity index (χ2v) is 7.10. The minimum Gasteiger partial charge on any atom is -0.324 e. The quantitative estimate of drug-likeness (QED) is 0.784. The zero-order valence-electron chi connectivity index (χ0n) is 15.8. The molecule has 27 heavy (non-hydrogen) atoms. The fraction of sp³-hybridized carbons (Fsp3) is 0.300. The minimum atomic E-state index is -0.571. The molecule has 0 bridgehead atoms. The molecular weight excluding hydrogens is 369 g/mol. The van der Waals surface area contributed by atoms with Gasteiger partial charge in [0.05, 0.1) is 18.8 Å². The number of nitrogens with one attached hydrogen (secondary N) is 2. The van der Waals surface area contributed by atoms with Gasteiger partial charge in [-0.25, -0.2) is 4.39 Å². The molecule has 2 amide bonds. The van der Waals surface area contributed by atoms with Crippen molar-refractivity contribution in [3.63, 3.8) is 0 Å². The van der Waals surface area contributed by atoms with E-state index in [1.165, 1.54) is 18.2 Å². The summed E-state index contributed by atoms with van der Waals surface area (Å²) in [6.07, 6.45) is 0. The number of rotatable bonds is 6. The maximum absolute atomic E-state index is 13.7. The normalized spacial score (nSPS) is 10.8. The summed E-state index contributed by atoms with van der Waals surface area (Å²) in [7, 11) is 1.64. The lowest BCUT2D eigenvalue weighted by Crippen LogP contribution is -2.36. The lowest BCUT2D eigenvalue weighted by Gasteiger charge is -2.18. The van der Waals surface area contributed by atoms with Gasteiger partial charge in [0, 0.05) is 10.7 Å². The molecule has 2 rings (SSSR count). The third-order valence-electron chi connectivity index (χ3n) is 3.97. The number of hydrogen-bond acceptors (Lipinski definition) is 3. The van der Waals surface area contributed by atoms with E-state index >= 15 is 0 Å². The Labute approximate surface area is 163 Å². The second-order valence-electron chi connectivity index (χ2n) is 6.67. The van der Waals surface area contributed by atoms with E-state index in [4.69, 9.17) is 11.6 Å². The second kappa shape index (κ2) is 8.97. The van der Waals surface area contributed by atoms with Crippen LogP contribution in [0.4, 0.5) is 15.8 Å². The van der Waals surface area contributed by atoms with Gasteiger partial charge in [-0.05, 0) is 57.1 Å². The van der Waals surface area contributed by atoms with Crippen LogP contribution in [-0.4, -0.2) is 36.9 Å². The van der Waals surface area contributed by atoms with Crippen molar-refractivity contribution in [2.45, 2.75) is 20.8 Å². The molecule has 7 heteroatoms. The van der Waals surface area contributed by atoms with Crippen molar-refractivity contribution in [1.82, 2.24) is 4.90 Å². The smallest absolute Gasteiger partial charge is 0.238 e. The number of hydrogen-bond donors (Lipinski definition) is 2. The molecule has 0 aliphatic heterocycles. The highest BCUT2D eigenvalue weighted by Gasteiger charge is 2.14. The topological polar surface area (TPSA) is 61.4 Å². The van der Waals surface area contributed by atoms with Gasteiger partial charge in [0.1, 0.15) is 5.82 Å². The van der Waals surface area contributed by atoms with Gasteiger partial charge < -0.3 is 10.6 Å². The first-order chi connectivity index (χ1) is 12.7. The molecule has 0 fully saturated rings. The lowest BCUT2D eigenvalue weighted by atomic mass is 10.1. The Balaban J connectivity index is 1.91. The third kappa shape index (κ3) is 6.05. The summed E-state index contributed by atoms with van der Waals surface area (Å²) in [5, 5.41) is 5.67. The number of aryl methyl sites for hydroxylation is 3. The number of halogens is 2. The highest BCUT2D eigenvalue weighted by molar-refractivity contribution is 6.30. The van der Waals surface area contributed by atoms with E-state index in [0.29, 0.717) is 5.02 Å². The Morgan fingerprint density at radius 3 is 2.15 bits per heavy atom. The molecule has 0 aliphatic carbocycles. The van der Waals surface area contributed by atoms with Crippen LogP contribution in [0.5, 0.6) is 0 Å². The number of carbonyl (C=O) groups excluding carboxylic acids is 2. The van der Waals surface area contributed by atoms with E-state index in [1.807, 2.05) is 32.9 Å². The molecule has 0 aliphatic rings. The van der Waals surface area contributed by atoms with Crippen LogP contribution in [0.25, 0.3) is 0 Å². The molecule has 2 N–H and O–H groups in total. The van der Waals surface area contributed by atoms with Crippen molar-refractivity contribution >= 4 is 34.8 Å². The van der Waals surface area contributed by atoms with Crippen LogP contribution < -0.4 is 10.6 Å². The zero-order chi connectivity index (χ0) is 20.1. The van der Waals surface area contributed by atoms with Gasteiger partial charge in [0.2, 0.25) is 11.8 Å².